The van der Waals surface area contributed by atoms with Crippen molar-refractivity contribution >= 4 is 22.6 Å². The van der Waals surface area contributed by atoms with Crippen LogP contribution in [0.3, 0.4) is 0 Å². The van der Waals surface area contributed by atoms with E-state index < -0.39 is 6.43 Å². The van der Waals surface area contributed by atoms with Crippen molar-refractivity contribution in [1.82, 2.24) is 4.98 Å². The lowest BCUT2D eigenvalue weighted by atomic mass is 10.1. The number of nitriles is 1. The van der Waals surface area contributed by atoms with Gasteiger partial charge in [0, 0.05) is 15.7 Å². The Hall–Kier alpha value is -0.810. The number of alkyl halides is 2. The fourth-order valence-corrected chi connectivity index (χ4v) is 1.81. The van der Waals surface area contributed by atoms with Crippen molar-refractivity contribution in [3.05, 3.63) is 26.6 Å². The van der Waals surface area contributed by atoms with Crippen LogP contribution in [0, 0.1) is 14.9 Å². The molecule has 0 unspecified atom stereocenters. The summed E-state index contributed by atoms with van der Waals surface area (Å²) in [5.74, 6) is 0. The summed E-state index contributed by atoms with van der Waals surface area (Å²) in [7, 11) is 0. The molecular weight excluding hydrogens is 315 g/mol. The lowest BCUT2D eigenvalue weighted by Gasteiger charge is -2.09. The van der Waals surface area contributed by atoms with E-state index in [1.54, 1.807) is 0 Å². The smallest absolute Gasteiger partial charge is 0.265 e. The zero-order valence-corrected chi connectivity index (χ0v) is 9.83. The molecule has 0 spiro atoms. The topological polar surface area (TPSA) is 62.7 Å². The second kappa shape index (κ2) is 5.32. The van der Waals surface area contributed by atoms with Gasteiger partial charge in [0.05, 0.1) is 23.9 Å². The lowest BCUT2D eigenvalue weighted by Crippen LogP contribution is -2.08. The van der Waals surface area contributed by atoms with E-state index >= 15 is 0 Å². The Bertz CT molecular complexity index is 401. The van der Waals surface area contributed by atoms with Crippen LogP contribution in [0.2, 0.25) is 0 Å². The van der Waals surface area contributed by atoms with Gasteiger partial charge in [0.2, 0.25) is 0 Å². The third-order valence-corrected chi connectivity index (χ3v) is 2.77. The van der Waals surface area contributed by atoms with Gasteiger partial charge in [0.25, 0.3) is 6.43 Å². The average Bonchev–Trinajstić information content (AvgIpc) is 2.20. The quantitative estimate of drug-likeness (QED) is 0.867. The molecule has 1 aromatic rings. The molecule has 0 fully saturated rings. The normalized spacial score (nSPS) is 10.4. The van der Waals surface area contributed by atoms with Gasteiger partial charge in [-0.2, -0.15) is 5.26 Å². The predicted molar refractivity (Wildman–Crippen MR) is 59.1 cm³/mol. The van der Waals surface area contributed by atoms with Gasteiger partial charge >= 0.3 is 0 Å². The lowest BCUT2D eigenvalue weighted by molar-refractivity contribution is 0.149. The van der Waals surface area contributed by atoms with E-state index in [0.29, 0.717) is 9.26 Å². The summed E-state index contributed by atoms with van der Waals surface area (Å²) in [6.45, 7) is 0.181. The molecule has 0 saturated carbocycles. The number of halogens is 3. The van der Waals surface area contributed by atoms with Gasteiger partial charge in [-0.15, -0.1) is 0 Å². The van der Waals surface area contributed by atoms with Crippen molar-refractivity contribution in [2.75, 3.05) is 0 Å². The van der Waals surface area contributed by atoms with Crippen LogP contribution in [-0.2, 0) is 13.0 Å². The minimum Gasteiger partial charge on any atom is -0.325 e. The first-order chi connectivity index (χ1) is 7.10. The Morgan fingerprint density at radius 1 is 1.53 bits per heavy atom. The minimum absolute atomic E-state index is 0.119. The van der Waals surface area contributed by atoms with E-state index in [1.165, 1.54) is 6.07 Å². The molecule has 80 valence electrons. The number of pyridine rings is 1. The number of hydrogen-bond donors (Lipinski definition) is 1. The van der Waals surface area contributed by atoms with Crippen molar-refractivity contribution in [3.8, 4) is 6.07 Å². The molecule has 3 nitrogen and oxygen atoms in total. The Balaban J connectivity index is 3.26. The van der Waals surface area contributed by atoms with E-state index in [-0.39, 0.29) is 24.2 Å². The summed E-state index contributed by atoms with van der Waals surface area (Å²) in [5, 5.41) is 8.49. The molecule has 1 aromatic heterocycles. The minimum atomic E-state index is -2.61. The van der Waals surface area contributed by atoms with Gasteiger partial charge in [-0.3, -0.25) is 4.98 Å². The molecule has 0 amide bonds. The first kappa shape index (κ1) is 12.3. The Morgan fingerprint density at radius 2 is 2.20 bits per heavy atom. The maximum Gasteiger partial charge on any atom is 0.265 e. The molecule has 0 aliphatic heterocycles. The second-order valence-corrected chi connectivity index (χ2v) is 3.95. The summed E-state index contributed by atoms with van der Waals surface area (Å²) in [6, 6.07) is 3.15. The first-order valence-electron chi connectivity index (χ1n) is 4.13. The van der Waals surface area contributed by atoms with Crippen molar-refractivity contribution in [3.63, 3.8) is 0 Å². The Morgan fingerprint density at radius 3 is 2.67 bits per heavy atom. The van der Waals surface area contributed by atoms with Crippen LogP contribution in [0.1, 0.15) is 23.4 Å². The molecule has 15 heavy (non-hydrogen) atoms. The standard InChI is InChI=1S/C9H8F2IN3/c10-9(11)5-3-6(12)8(4-14)15-7(5)1-2-13/h3,9H,1,4,14H2. The molecule has 0 aliphatic rings. The molecule has 1 heterocycles. The second-order valence-electron chi connectivity index (χ2n) is 2.79. The number of nitrogens with zero attached hydrogens (tertiary/aromatic N) is 2. The summed E-state index contributed by atoms with van der Waals surface area (Å²) < 4.78 is 25.8. The van der Waals surface area contributed by atoms with Crippen molar-refractivity contribution in [2.45, 2.75) is 19.4 Å². The molecule has 2 N–H and O–H groups in total. The van der Waals surface area contributed by atoms with Crippen LogP contribution in [0.5, 0.6) is 0 Å². The van der Waals surface area contributed by atoms with Crippen molar-refractivity contribution < 1.29 is 8.78 Å². The summed E-state index contributed by atoms with van der Waals surface area (Å²) in [4.78, 5) is 3.97. The van der Waals surface area contributed by atoms with Crippen molar-refractivity contribution in [2.24, 2.45) is 5.73 Å². The predicted octanol–water partition coefficient (Wildman–Crippen LogP) is 2.15. The van der Waals surface area contributed by atoms with Crippen LogP contribution in [0.25, 0.3) is 0 Å². The first-order valence-corrected chi connectivity index (χ1v) is 5.21. The van der Waals surface area contributed by atoms with Crippen LogP contribution >= 0.6 is 22.6 Å². The highest BCUT2D eigenvalue weighted by Gasteiger charge is 2.16. The van der Waals surface area contributed by atoms with E-state index in [2.05, 4.69) is 4.98 Å². The molecule has 0 aliphatic carbocycles. The third kappa shape index (κ3) is 2.82. The SMILES string of the molecule is N#CCc1nc(CN)c(I)cc1C(F)F. The van der Waals surface area contributed by atoms with Gasteiger partial charge in [-0.05, 0) is 28.7 Å². The molecule has 6 heteroatoms. The molecule has 0 radical (unpaired) electrons. The number of aromatic nitrogens is 1. The van der Waals surface area contributed by atoms with Gasteiger partial charge in [-0.25, -0.2) is 8.78 Å². The average molecular weight is 323 g/mol. The Kier molecular flexibility index (Phi) is 4.35. The van der Waals surface area contributed by atoms with Crippen LogP contribution in [0.4, 0.5) is 8.78 Å². The molecule has 0 atom stereocenters. The maximum absolute atomic E-state index is 12.6. The molecule has 0 saturated heterocycles. The number of rotatable bonds is 3. The largest absolute Gasteiger partial charge is 0.325 e. The van der Waals surface area contributed by atoms with Gasteiger partial charge in [0.15, 0.2) is 0 Å². The monoisotopic (exact) mass is 323 g/mol. The highest BCUT2D eigenvalue weighted by Crippen LogP contribution is 2.25. The zero-order chi connectivity index (χ0) is 11.4. The zero-order valence-electron chi connectivity index (χ0n) is 7.67. The van der Waals surface area contributed by atoms with Crippen molar-refractivity contribution in [1.29, 1.82) is 5.26 Å². The van der Waals surface area contributed by atoms with Gasteiger partial charge in [-0.1, -0.05) is 0 Å². The van der Waals surface area contributed by atoms with Crippen LogP contribution < -0.4 is 5.73 Å². The van der Waals surface area contributed by atoms with E-state index in [1.807, 2.05) is 28.7 Å². The van der Waals surface area contributed by atoms with E-state index in [9.17, 15) is 8.78 Å². The molecule has 1 rings (SSSR count). The molecular formula is C9H8F2IN3. The summed E-state index contributed by atoms with van der Waals surface area (Å²) in [6.07, 6.45) is -2.73. The van der Waals surface area contributed by atoms with E-state index in [4.69, 9.17) is 11.0 Å². The van der Waals surface area contributed by atoms with Gasteiger partial charge < -0.3 is 5.73 Å². The Labute approximate surface area is 99.4 Å². The highest BCUT2D eigenvalue weighted by atomic mass is 127. The molecule has 0 bridgehead atoms. The van der Waals surface area contributed by atoms with E-state index in [0.717, 1.165) is 0 Å². The maximum atomic E-state index is 12.6. The number of hydrogen-bond acceptors (Lipinski definition) is 3. The van der Waals surface area contributed by atoms with Gasteiger partial charge in [0.1, 0.15) is 0 Å². The molecule has 0 aromatic carbocycles. The number of nitrogens with two attached hydrogens (primary N) is 1. The fourth-order valence-electron chi connectivity index (χ4n) is 1.13. The summed E-state index contributed by atoms with van der Waals surface area (Å²) in [5.41, 5.74) is 5.89. The summed E-state index contributed by atoms with van der Waals surface area (Å²) >= 11 is 1.91. The van der Waals surface area contributed by atoms with Crippen LogP contribution in [-0.4, -0.2) is 4.98 Å². The van der Waals surface area contributed by atoms with Crippen LogP contribution in [0.15, 0.2) is 6.07 Å². The third-order valence-electron chi connectivity index (χ3n) is 1.84. The highest BCUT2D eigenvalue weighted by molar-refractivity contribution is 14.1. The fraction of sp³-hybridized carbons (Fsp3) is 0.333.